The Morgan fingerprint density at radius 3 is 2.85 bits per heavy atom. The number of aliphatic hydroxyl groups excluding tert-OH is 1. The number of nitrogens with two attached hydrogens (primary N) is 1. The molecule has 3 aromatic heterocycles. The molecule has 34 heavy (non-hydrogen) atoms. The van der Waals surface area contributed by atoms with Crippen molar-refractivity contribution in [1.82, 2.24) is 24.8 Å². The first-order valence-corrected chi connectivity index (χ1v) is 11.4. The molecule has 0 spiro atoms. The van der Waals surface area contributed by atoms with Crippen LogP contribution in [0.5, 0.6) is 0 Å². The van der Waals surface area contributed by atoms with Crippen LogP contribution in [0.1, 0.15) is 45.1 Å². The molecule has 0 aromatic carbocycles. The molecule has 9 heteroatoms. The monoisotopic (exact) mass is 463 g/mol. The quantitative estimate of drug-likeness (QED) is 0.319. The second-order valence-electron chi connectivity index (χ2n) is 8.90. The van der Waals surface area contributed by atoms with Crippen molar-refractivity contribution in [2.45, 2.75) is 51.6 Å². The van der Waals surface area contributed by atoms with Crippen molar-refractivity contribution in [1.29, 1.82) is 0 Å². The minimum atomic E-state index is -0.563. The molecular formula is C25H33N7O2. The Morgan fingerprint density at radius 2 is 2.15 bits per heavy atom. The third kappa shape index (κ3) is 6.10. The number of H-pyrrole nitrogens is 1. The summed E-state index contributed by atoms with van der Waals surface area (Å²) in [7, 11) is 1.98. The lowest BCUT2D eigenvalue weighted by Gasteiger charge is -2.29. The number of nitrogens with one attached hydrogen (secondary N) is 2. The van der Waals surface area contributed by atoms with Crippen LogP contribution in [0.2, 0.25) is 0 Å². The van der Waals surface area contributed by atoms with Crippen molar-refractivity contribution in [2.75, 3.05) is 31.2 Å². The van der Waals surface area contributed by atoms with E-state index in [9.17, 15) is 9.90 Å². The number of aliphatic hydroxyl groups is 1. The highest BCUT2D eigenvalue weighted by Crippen LogP contribution is 2.29. The summed E-state index contributed by atoms with van der Waals surface area (Å²) in [5.74, 6) is 3.22. The molecule has 0 amide bonds. The van der Waals surface area contributed by atoms with Gasteiger partial charge in [-0.1, -0.05) is 19.8 Å². The topological polar surface area (TPSA) is 133 Å². The Kier molecular flexibility index (Phi) is 8.21. The zero-order valence-corrected chi connectivity index (χ0v) is 20.1. The second-order valence-corrected chi connectivity index (χ2v) is 8.90. The van der Waals surface area contributed by atoms with E-state index >= 15 is 0 Å². The highest BCUT2D eigenvalue weighted by molar-refractivity contribution is 5.89. The van der Waals surface area contributed by atoms with Gasteiger partial charge in [0.05, 0.1) is 17.7 Å². The molecule has 0 unspecified atom stereocenters. The highest BCUT2D eigenvalue weighted by Gasteiger charge is 2.25. The van der Waals surface area contributed by atoms with Gasteiger partial charge in [0.2, 0.25) is 11.5 Å². The molecule has 0 bridgehead atoms. The van der Waals surface area contributed by atoms with Gasteiger partial charge in [0.25, 0.3) is 0 Å². The first kappa shape index (κ1) is 25.1. The van der Waals surface area contributed by atoms with E-state index in [1.54, 1.807) is 18.5 Å². The SMILES string of the molecule is C#CCCN(C)Cc1c[nH]c(=O)cc1-c1cnc2c(N[C@@](C)(CO)CCCC)nc(N)nc2c1. The number of anilines is 2. The first-order chi connectivity index (χ1) is 16.3. The van der Waals surface area contributed by atoms with E-state index in [-0.39, 0.29) is 18.1 Å². The fourth-order valence-electron chi connectivity index (χ4n) is 3.83. The molecule has 0 aliphatic carbocycles. The Morgan fingerprint density at radius 1 is 1.35 bits per heavy atom. The molecule has 0 aliphatic heterocycles. The summed E-state index contributed by atoms with van der Waals surface area (Å²) in [6, 6.07) is 3.41. The van der Waals surface area contributed by atoms with Crippen LogP contribution in [-0.2, 0) is 6.54 Å². The van der Waals surface area contributed by atoms with Crippen molar-refractivity contribution < 1.29 is 5.11 Å². The lowest BCUT2D eigenvalue weighted by atomic mass is 9.96. The first-order valence-electron chi connectivity index (χ1n) is 11.4. The minimum absolute atomic E-state index is 0.0557. The molecule has 0 fully saturated rings. The number of aromatic amines is 1. The number of hydrogen-bond donors (Lipinski definition) is 4. The molecule has 3 heterocycles. The largest absolute Gasteiger partial charge is 0.394 e. The average molecular weight is 464 g/mol. The lowest BCUT2D eigenvalue weighted by Crippen LogP contribution is -2.39. The highest BCUT2D eigenvalue weighted by atomic mass is 16.3. The van der Waals surface area contributed by atoms with E-state index < -0.39 is 5.54 Å². The molecule has 0 saturated heterocycles. The van der Waals surface area contributed by atoms with Gasteiger partial charge >= 0.3 is 0 Å². The van der Waals surface area contributed by atoms with Crippen molar-refractivity contribution in [3.05, 3.63) is 40.4 Å². The van der Waals surface area contributed by atoms with Crippen molar-refractivity contribution in [3.63, 3.8) is 0 Å². The normalized spacial score (nSPS) is 13.1. The fourth-order valence-corrected chi connectivity index (χ4v) is 3.83. The maximum atomic E-state index is 12.1. The molecule has 0 radical (unpaired) electrons. The van der Waals surface area contributed by atoms with Gasteiger partial charge < -0.3 is 26.0 Å². The van der Waals surface area contributed by atoms with Crippen LogP contribution < -0.4 is 16.6 Å². The maximum absolute atomic E-state index is 12.1. The molecule has 0 aliphatic rings. The molecule has 5 N–H and O–H groups in total. The number of fused-ring (bicyclic) bond motifs is 1. The Bertz CT molecular complexity index is 1230. The Hall–Kier alpha value is -3.48. The molecule has 3 aromatic rings. The number of nitrogens with zero attached hydrogens (tertiary/aromatic N) is 4. The Labute approximate surface area is 199 Å². The number of aromatic nitrogens is 4. The van der Waals surface area contributed by atoms with Crippen LogP contribution in [0.15, 0.2) is 29.3 Å². The van der Waals surface area contributed by atoms with Crippen LogP contribution in [0, 0.1) is 12.3 Å². The number of nitrogen functional groups attached to an aromatic ring is 1. The van der Waals surface area contributed by atoms with Gasteiger partial charge in [-0.15, -0.1) is 12.3 Å². The summed E-state index contributed by atoms with van der Waals surface area (Å²) in [4.78, 5) is 30.3. The van der Waals surface area contributed by atoms with E-state index in [2.05, 4.69) is 43.0 Å². The van der Waals surface area contributed by atoms with Crippen LogP contribution in [0.3, 0.4) is 0 Å². The predicted molar refractivity (Wildman–Crippen MR) is 136 cm³/mol. The number of hydrogen-bond acceptors (Lipinski definition) is 8. The summed E-state index contributed by atoms with van der Waals surface area (Å²) in [6.45, 7) is 5.34. The predicted octanol–water partition coefficient (Wildman–Crippen LogP) is 2.77. The van der Waals surface area contributed by atoms with Crippen molar-refractivity contribution >= 4 is 22.8 Å². The van der Waals surface area contributed by atoms with E-state index in [4.69, 9.17) is 12.2 Å². The van der Waals surface area contributed by atoms with Crippen LogP contribution in [0.4, 0.5) is 11.8 Å². The summed E-state index contributed by atoms with van der Waals surface area (Å²) < 4.78 is 0. The van der Waals surface area contributed by atoms with Crippen molar-refractivity contribution in [3.8, 4) is 23.5 Å². The number of pyridine rings is 2. The third-order valence-electron chi connectivity index (χ3n) is 5.80. The third-order valence-corrected chi connectivity index (χ3v) is 5.80. The smallest absolute Gasteiger partial charge is 0.248 e. The average Bonchev–Trinajstić information content (AvgIpc) is 2.82. The van der Waals surface area contributed by atoms with Crippen molar-refractivity contribution in [2.24, 2.45) is 0 Å². The van der Waals surface area contributed by atoms with Gasteiger partial charge in [-0.05, 0) is 37.6 Å². The van der Waals surface area contributed by atoms with Crippen LogP contribution in [0.25, 0.3) is 22.2 Å². The van der Waals surface area contributed by atoms with Gasteiger partial charge in [0.15, 0.2) is 5.82 Å². The summed E-state index contributed by atoms with van der Waals surface area (Å²) >= 11 is 0. The summed E-state index contributed by atoms with van der Waals surface area (Å²) in [5, 5.41) is 13.3. The Balaban J connectivity index is 2.02. The second kappa shape index (κ2) is 11.1. The standard InChI is InChI=1S/C25H33N7O2/c1-5-7-9-25(3,16-33)31-23-22-20(29-24(26)30-23)11-17(13-28-22)19-12-21(34)27-14-18(19)15-32(4)10-8-6-2/h2,11-14,33H,5,7-10,15-16H2,1,3-4H3,(H,27,34)(H3,26,29,30,31)/t25-/m1/s1. The van der Waals surface area contributed by atoms with Gasteiger partial charge in [0, 0.05) is 43.5 Å². The van der Waals surface area contributed by atoms with Crippen LogP contribution >= 0.6 is 0 Å². The van der Waals surface area contributed by atoms with Gasteiger partial charge in [0.1, 0.15) is 5.52 Å². The van der Waals surface area contributed by atoms with E-state index in [0.29, 0.717) is 29.8 Å². The number of unbranched alkanes of at least 4 members (excludes halogenated alkanes) is 1. The molecule has 180 valence electrons. The molecular weight excluding hydrogens is 430 g/mol. The van der Waals surface area contributed by atoms with Gasteiger partial charge in [-0.25, -0.2) is 4.98 Å². The minimum Gasteiger partial charge on any atom is -0.394 e. The number of terminal acetylenes is 1. The van der Waals surface area contributed by atoms with Crippen LogP contribution in [-0.4, -0.2) is 55.7 Å². The molecule has 0 saturated carbocycles. The maximum Gasteiger partial charge on any atom is 0.248 e. The van der Waals surface area contributed by atoms with E-state index in [0.717, 1.165) is 42.5 Å². The van der Waals surface area contributed by atoms with E-state index in [1.165, 1.54) is 0 Å². The zero-order chi connectivity index (χ0) is 24.7. The fraction of sp³-hybridized carbons (Fsp3) is 0.440. The number of rotatable bonds is 11. The lowest BCUT2D eigenvalue weighted by molar-refractivity contribution is 0.212. The van der Waals surface area contributed by atoms with Gasteiger partial charge in [-0.3, -0.25) is 9.78 Å². The van der Waals surface area contributed by atoms with Gasteiger partial charge in [-0.2, -0.15) is 4.98 Å². The zero-order valence-electron chi connectivity index (χ0n) is 20.1. The molecule has 1 atom stereocenters. The van der Waals surface area contributed by atoms with E-state index in [1.807, 2.05) is 20.0 Å². The molecule has 3 rings (SSSR count). The summed E-state index contributed by atoms with van der Waals surface area (Å²) in [5.41, 5.74) is 8.79. The summed E-state index contributed by atoms with van der Waals surface area (Å²) in [6.07, 6.45) is 12.2. The molecule has 9 nitrogen and oxygen atoms in total.